The lowest BCUT2D eigenvalue weighted by Gasteiger charge is -2.31. The molecule has 0 bridgehead atoms. The molecule has 2 atom stereocenters. The Morgan fingerprint density at radius 3 is 2.71 bits per heavy atom. The number of carbonyl (C=O) groups excluding carboxylic acids is 2. The van der Waals surface area contributed by atoms with Crippen LogP contribution in [0.1, 0.15) is 11.5 Å². The number of esters is 2. The molecule has 0 amide bonds. The first-order valence-corrected chi connectivity index (χ1v) is 6.87. The van der Waals surface area contributed by atoms with E-state index in [2.05, 4.69) is 14.8 Å². The predicted octanol–water partition coefficient (Wildman–Crippen LogP) is 1.45. The Morgan fingerprint density at radius 2 is 2.19 bits per heavy atom. The summed E-state index contributed by atoms with van der Waals surface area (Å²) in [5.41, 5.74) is -1.40. The molecule has 116 valence electrons. The summed E-state index contributed by atoms with van der Waals surface area (Å²) in [5, 5.41) is 6.20. The van der Waals surface area contributed by atoms with Crippen LogP contribution in [0.4, 0.5) is 13.2 Å². The first-order valence-electron chi connectivity index (χ1n) is 5.92. The minimum atomic E-state index is -5.18. The van der Waals surface area contributed by atoms with Crippen molar-refractivity contribution < 1.29 is 32.2 Å². The van der Waals surface area contributed by atoms with E-state index in [1.165, 1.54) is 11.3 Å². The highest BCUT2D eigenvalue weighted by molar-refractivity contribution is 7.08. The summed E-state index contributed by atoms with van der Waals surface area (Å²) >= 11 is 1.33. The third-order valence-electron chi connectivity index (χ3n) is 3.28. The molecule has 1 aliphatic heterocycles. The van der Waals surface area contributed by atoms with Crippen LogP contribution >= 0.6 is 11.3 Å². The summed E-state index contributed by atoms with van der Waals surface area (Å²) in [6.45, 7) is -0.0288. The van der Waals surface area contributed by atoms with Gasteiger partial charge >= 0.3 is 18.1 Å². The van der Waals surface area contributed by atoms with Crippen LogP contribution in [-0.4, -0.2) is 43.9 Å². The molecule has 1 N–H and O–H groups in total. The molecule has 0 unspecified atom stereocenters. The normalized spacial score (nSPS) is 25.6. The first kappa shape index (κ1) is 15.8. The molecule has 0 saturated carbocycles. The van der Waals surface area contributed by atoms with E-state index in [1.807, 2.05) is 0 Å². The molecule has 1 aromatic heterocycles. The second-order valence-electron chi connectivity index (χ2n) is 4.51. The molecule has 0 aliphatic carbocycles. The molecule has 2 heterocycles. The molecule has 1 aliphatic rings. The summed E-state index contributed by atoms with van der Waals surface area (Å²) < 4.78 is 46.5. The van der Waals surface area contributed by atoms with Gasteiger partial charge in [0.2, 0.25) is 5.60 Å². The van der Waals surface area contributed by atoms with Crippen molar-refractivity contribution in [3.63, 3.8) is 0 Å². The lowest BCUT2D eigenvalue weighted by atomic mass is 9.86. The first-order chi connectivity index (χ1) is 9.81. The molecule has 0 spiro atoms. The van der Waals surface area contributed by atoms with Gasteiger partial charge in [-0.15, -0.1) is 0 Å². The third-order valence-corrected chi connectivity index (χ3v) is 3.98. The molecule has 9 heteroatoms. The number of halogens is 3. The van der Waals surface area contributed by atoms with Crippen LogP contribution in [0.25, 0.3) is 0 Å². The fourth-order valence-electron chi connectivity index (χ4n) is 2.31. The molecule has 0 aromatic carbocycles. The monoisotopic (exact) mass is 323 g/mol. The number of ether oxygens (including phenoxy) is 2. The van der Waals surface area contributed by atoms with E-state index in [0.29, 0.717) is 5.56 Å². The average molecular weight is 323 g/mol. The van der Waals surface area contributed by atoms with Crippen molar-refractivity contribution in [2.45, 2.75) is 17.7 Å². The zero-order valence-corrected chi connectivity index (χ0v) is 11.7. The Labute approximate surface area is 122 Å². The zero-order chi connectivity index (χ0) is 15.7. The van der Waals surface area contributed by atoms with E-state index >= 15 is 0 Å². The number of methoxy groups -OCH3 is 1. The molecule has 1 aromatic rings. The summed E-state index contributed by atoms with van der Waals surface area (Å²) in [4.78, 5) is 23.2. The van der Waals surface area contributed by atoms with Crippen molar-refractivity contribution in [3.8, 4) is 0 Å². The summed E-state index contributed by atoms with van der Waals surface area (Å²) in [6.07, 6.45) is -5.18. The highest BCUT2D eigenvalue weighted by Gasteiger charge is 2.58. The van der Waals surface area contributed by atoms with Gasteiger partial charge in [-0.25, -0.2) is 9.59 Å². The Morgan fingerprint density at radius 1 is 1.48 bits per heavy atom. The van der Waals surface area contributed by atoms with E-state index in [-0.39, 0.29) is 13.1 Å². The third kappa shape index (κ3) is 2.88. The van der Waals surface area contributed by atoms with E-state index < -0.39 is 29.6 Å². The molecule has 2 rings (SSSR count). The van der Waals surface area contributed by atoms with Gasteiger partial charge < -0.3 is 14.8 Å². The van der Waals surface area contributed by atoms with Crippen LogP contribution in [0.15, 0.2) is 16.8 Å². The van der Waals surface area contributed by atoms with E-state index in [9.17, 15) is 22.8 Å². The zero-order valence-electron chi connectivity index (χ0n) is 10.9. The maximum atomic E-state index is 12.5. The van der Waals surface area contributed by atoms with Gasteiger partial charge in [0.05, 0.1) is 7.11 Å². The number of thiophene rings is 1. The molecular weight excluding hydrogens is 311 g/mol. The average Bonchev–Trinajstić information content (AvgIpc) is 3.05. The van der Waals surface area contributed by atoms with E-state index in [1.54, 1.807) is 16.8 Å². The number of hydrogen-bond acceptors (Lipinski definition) is 6. The molecule has 5 nitrogen and oxygen atoms in total. The number of rotatable bonds is 3. The van der Waals surface area contributed by atoms with Crippen molar-refractivity contribution in [1.29, 1.82) is 0 Å². The van der Waals surface area contributed by atoms with Gasteiger partial charge in [-0.05, 0) is 22.4 Å². The van der Waals surface area contributed by atoms with Crippen LogP contribution in [0, 0.1) is 0 Å². The fraction of sp³-hybridized carbons (Fsp3) is 0.500. The predicted molar refractivity (Wildman–Crippen MR) is 66.8 cm³/mol. The van der Waals surface area contributed by atoms with Gasteiger partial charge in [0.1, 0.15) is 0 Å². The minimum Gasteiger partial charge on any atom is -0.466 e. The van der Waals surface area contributed by atoms with Crippen molar-refractivity contribution in [1.82, 2.24) is 5.32 Å². The smallest absolute Gasteiger partial charge is 0.466 e. The number of alkyl halides is 3. The maximum Gasteiger partial charge on any atom is 0.490 e. The van der Waals surface area contributed by atoms with Crippen molar-refractivity contribution in [3.05, 3.63) is 22.4 Å². The minimum absolute atomic E-state index is 0.205. The molecule has 1 fully saturated rings. The van der Waals surface area contributed by atoms with Crippen LogP contribution in [0.2, 0.25) is 0 Å². The highest BCUT2D eigenvalue weighted by atomic mass is 32.1. The van der Waals surface area contributed by atoms with Crippen molar-refractivity contribution >= 4 is 23.3 Å². The molecular formula is C12H12F3NO4S. The van der Waals surface area contributed by atoms with Gasteiger partial charge in [0.25, 0.3) is 0 Å². The Bertz CT molecular complexity index is 531. The number of carbonyl (C=O) groups is 2. The van der Waals surface area contributed by atoms with E-state index in [4.69, 9.17) is 0 Å². The quantitative estimate of drug-likeness (QED) is 0.853. The van der Waals surface area contributed by atoms with Crippen LogP contribution in [0.3, 0.4) is 0 Å². The number of nitrogens with one attached hydrogen (secondary N) is 1. The SMILES string of the molecule is COC(=O)[C@@]1(OC(=O)C(F)(F)F)CNC[C@@H]1c1ccsc1. The van der Waals surface area contributed by atoms with Gasteiger partial charge in [0.15, 0.2) is 0 Å². The van der Waals surface area contributed by atoms with Crippen molar-refractivity contribution in [2.24, 2.45) is 0 Å². The van der Waals surface area contributed by atoms with Gasteiger partial charge in [0, 0.05) is 19.0 Å². The fourth-order valence-corrected chi connectivity index (χ4v) is 3.02. The molecule has 21 heavy (non-hydrogen) atoms. The highest BCUT2D eigenvalue weighted by Crippen LogP contribution is 2.38. The Hall–Kier alpha value is -1.61. The summed E-state index contributed by atoms with van der Waals surface area (Å²) in [5.74, 6) is -4.15. The molecule has 1 saturated heterocycles. The van der Waals surface area contributed by atoms with Gasteiger partial charge in [-0.1, -0.05) is 0 Å². The maximum absolute atomic E-state index is 12.5. The van der Waals surface area contributed by atoms with Crippen LogP contribution < -0.4 is 5.32 Å². The lowest BCUT2D eigenvalue weighted by Crippen LogP contribution is -2.51. The summed E-state index contributed by atoms with van der Waals surface area (Å²) in [7, 11) is 1.04. The van der Waals surface area contributed by atoms with Crippen molar-refractivity contribution in [2.75, 3.05) is 20.2 Å². The lowest BCUT2D eigenvalue weighted by molar-refractivity contribution is -0.218. The Balaban J connectivity index is 2.37. The second kappa shape index (κ2) is 5.64. The summed E-state index contributed by atoms with van der Waals surface area (Å²) in [6, 6.07) is 1.67. The molecule has 0 radical (unpaired) electrons. The Kier molecular flexibility index (Phi) is 4.24. The van der Waals surface area contributed by atoms with Crippen LogP contribution in [-0.2, 0) is 19.1 Å². The standard InChI is InChI=1S/C12H12F3NO4S/c1-19-9(17)11(20-10(18)12(13,14)15)6-16-4-8(11)7-2-3-21-5-7/h2-3,5,8,16H,4,6H2,1H3/t8-,11-/m1/s1. The van der Waals surface area contributed by atoms with Gasteiger partial charge in [-0.3, -0.25) is 0 Å². The van der Waals surface area contributed by atoms with Gasteiger partial charge in [-0.2, -0.15) is 24.5 Å². The largest absolute Gasteiger partial charge is 0.490 e. The van der Waals surface area contributed by atoms with E-state index in [0.717, 1.165) is 7.11 Å². The number of hydrogen-bond donors (Lipinski definition) is 1. The second-order valence-corrected chi connectivity index (χ2v) is 5.29. The van der Waals surface area contributed by atoms with Crippen LogP contribution in [0.5, 0.6) is 0 Å². The topological polar surface area (TPSA) is 64.6 Å².